The predicted octanol–water partition coefficient (Wildman–Crippen LogP) is 3.59. The first-order valence-corrected chi connectivity index (χ1v) is 10.3. The van der Waals surface area contributed by atoms with E-state index in [1.54, 1.807) is 7.11 Å². The summed E-state index contributed by atoms with van der Waals surface area (Å²) in [6, 6.07) is 18.2. The minimum Gasteiger partial charge on any atom is -0.496 e. The lowest BCUT2D eigenvalue weighted by Gasteiger charge is -2.45. The number of benzene rings is 2. The lowest BCUT2D eigenvalue weighted by Crippen LogP contribution is -2.48. The first-order valence-electron chi connectivity index (χ1n) is 10.3. The molecule has 1 aliphatic carbocycles. The molecule has 2 aliphatic rings. The van der Waals surface area contributed by atoms with Gasteiger partial charge in [-0.1, -0.05) is 43.3 Å². The Morgan fingerprint density at radius 1 is 1.13 bits per heavy atom. The van der Waals surface area contributed by atoms with Crippen LogP contribution in [0.3, 0.4) is 0 Å². The molecule has 4 rings (SSSR count). The largest absolute Gasteiger partial charge is 0.496 e. The maximum absolute atomic E-state index is 10.3. The highest BCUT2D eigenvalue weighted by molar-refractivity contribution is 5.92. The van der Waals surface area contributed by atoms with Crippen LogP contribution < -0.4 is 10.5 Å². The topological polar surface area (TPSA) is 110 Å². The number of nitrogens with two attached hydrogens (primary N) is 1. The minimum atomic E-state index is -1.64. The molecule has 1 heterocycles. The summed E-state index contributed by atoms with van der Waals surface area (Å²) >= 11 is 0. The number of methoxy groups -OCH3 is 1. The van der Waals surface area contributed by atoms with Crippen LogP contribution in [-0.2, 0) is 0 Å². The lowest BCUT2D eigenvalue weighted by atomic mass is 9.57. The standard InChI is InChI=1S/C25H23N5O/c1-3-30-11-10-17-20(12-26)24(29)25(14-27,15-28)23(21(17)13-30)19-8-9-22(31-2)18-7-5-4-6-16(18)19/h4-10,21,23H,3,11,13,29H2,1-2H3/t21-,23-/m1/s1. The van der Waals surface area contributed by atoms with Gasteiger partial charge in [0.15, 0.2) is 5.41 Å². The Bertz CT molecular complexity index is 1220. The van der Waals surface area contributed by atoms with Crippen LogP contribution in [0.5, 0.6) is 5.75 Å². The number of allylic oxidation sites excluding steroid dienone is 2. The summed E-state index contributed by atoms with van der Waals surface area (Å²) in [5.74, 6) is 0.00764. The first kappa shape index (κ1) is 20.5. The monoisotopic (exact) mass is 409 g/mol. The molecular weight excluding hydrogens is 386 g/mol. The van der Waals surface area contributed by atoms with Gasteiger partial charge < -0.3 is 10.5 Å². The van der Waals surface area contributed by atoms with Crippen LogP contribution in [0.1, 0.15) is 18.4 Å². The molecule has 0 unspecified atom stereocenters. The first-order chi connectivity index (χ1) is 15.1. The highest BCUT2D eigenvalue weighted by Crippen LogP contribution is 2.55. The molecule has 6 heteroatoms. The second kappa shape index (κ2) is 7.80. The molecule has 0 amide bonds. The van der Waals surface area contributed by atoms with E-state index in [-0.39, 0.29) is 17.2 Å². The maximum Gasteiger partial charge on any atom is 0.191 e. The molecule has 0 saturated carbocycles. The van der Waals surface area contributed by atoms with E-state index >= 15 is 0 Å². The third kappa shape index (κ3) is 2.87. The maximum atomic E-state index is 10.3. The van der Waals surface area contributed by atoms with Crippen LogP contribution in [0.2, 0.25) is 0 Å². The fraction of sp³-hybridized carbons (Fsp3) is 0.320. The number of hydrogen-bond acceptors (Lipinski definition) is 6. The van der Waals surface area contributed by atoms with Crippen molar-refractivity contribution in [3.63, 3.8) is 0 Å². The normalized spacial score (nSPS) is 22.6. The van der Waals surface area contributed by atoms with Crippen LogP contribution in [0.15, 0.2) is 59.3 Å². The van der Waals surface area contributed by atoms with E-state index in [1.165, 1.54) is 0 Å². The zero-order valence-corrected chi connectivity index (χ0v) is 17.6. The summed E-state index contributed by atoms with van der Waals surface area (Å²) in [4.78, 5) is 2.25. The molecular formula is C25H23N5O. The molecule has 0 aromatic heterocycles. The zero-order chi connectivity index (χ0) is 22.2. The average Bonchev–Trinajstić information content (AvgIpc) is 2.82. The van der Waals surface area contributed by atoms with Crippen molar-refractivity contribution in [3.8, 4) is 24.0 Å². The summed E-state index contributed by atoms with van der Waals surface area (Å²) < 4.78 is 5.54. The van der Waals surface area contributed by atoms with E-state index < -0.39 is 11.3 Å². The van der Waals surface area contributed by atoms with E-state index in [2.05, 4.69) is 30.0 Å². The van der Waals surface area contributed by atoms with E-state index in [1.807, 2.05) is 42.5 Å². The SMILES string of the molecule is CCN1CC=C2C(C#N)=C(N)C(C#N)(C#N)[C@H](c3ccc(OC)c4ccccc34)[C@@H]2C1. The number of likely N-dealkylation sites (N-methyl/N-ethyl adjacent to an activating group) is 1. The van der Waals surface area contributed by atoms with E-state index in [9.17, 15) is 15.8 Å². The van der Waals surface area contributed by atoms with Crippen LogP contribution in [0.25, 0.3) is 10.8 Å². The van der Waals surface area contributed by atoms with Crippen molar-refractivity contribution in [2.24, 2.45) is 17.1 Å². The van der Waals surface area contributed by atoms with E-state index in [4.69, 9.17) is 10.5 Å². The Hall–Kier alpha value is -3.79. The second-order valence-electron chi connectivity index (χ2n) is 7.93. The van der Waals surface area contributed by atoms with Crippen molar-refractivity contribution < 1.29 is 4.74 Å². The molecule has 0 radical (unpaired) electrons. The summed E-state index contributed by atoms with van der Waals surface area (Å²) in [5.41, 5.74) is 6.83. The molecule has 6 nitrogen and oxygen atoms in total. The fourth-order valence-electron chi connectivity index (χ4n) is 5.09. The lowest BCUT2D eigenvalue weighted by molar-refractivity contribution is 0.215. The Morgan fingerprint density at radius 2 is 1.84 bits per heavy atom. The molecule has 2 aromatic rings. The van der Waals surface area contributed by atoms with Gasteiger partial charge in [0, 0.05) is 30.3 Å². The van der Waals surface area contributed by atoms with Gasteiger partial charge in [-0.05, 0) is 29.1 Å². The molecule has 0 fully saturated rings. The number of fused-ring (bicyclic) bond motifs is 2. The highest BCUT2D eigenvalue weighted by Gasteiger charge is 2.54. The Kier molecular flexibility index (Phi) is 5.15. The van der Waals surface area contributed by atoms with Gasteiger partial charge in [-0.2, -0.15) is 15.8 Å². The summed E-state index contributed by atoms with van der Waals surface area (Å²) in [5, 5.41) is 32.3. The molecule has 2 aromatic carbocycles. The van der Waals surface area contributed by atoms with Crippen molar-refractivity contribution in [1.29, 1.82) is 15.8 Å². The molecule has 0 saturated heterocycles. The van der Waals surface area contributed by atoms with Crippen molar-refractivity contribution >= 4 is 10.8 Å². The highest BCUT2D eigenvalue weighted by atomic mass is 16.5. The van der Waals surface area contributed by atoms with Gasteiger partial charge in [-0.3, -0.25) is 4.90 Å². The van der Waals surface area contributed by atoms with Crippen molar-refractivity contribution in [2.45, 2.75) is 12.8 Å². The van der Waals surface area contributed by atoms with Crippen LogP contribution in [0.4, 0.5) is 0 Å². The van der Waals surface area contributed by atoms with Crippen molar-refractivity contribution in [1.82, 2.24) is 4.90 Å². The van der Waals surface area contributed by atoms with Crippen LogP contribution >= 0.6 is 0 Å². The van der Waals surface area contributed by atoms with Crippen LogP contribution in [0, 0.1) is 45.3 Å². The average molecular weight is 409 g/mol. The summed E-state index contributed by atoms with van der Waals surface area (Å²) in [6.07, 6.45) is 2.03. The van der Waals surface area contributed by atoms with Gasteiger partial charge in [0.05, 0.1) is 30.5 Å². The minimum absolute atomic E-state index is 0.0531. The van der Waals surface area contributed by atoms with Crippen molar-refractivity contribution in [2.75, 3.05) is 26.7 Å². The van der Waals surface area contributed by atoms with Gasteiger partial charge >= 0.3 is 0 Å². The van der Waals surface area contributed by atoms with Gasteiger partial charge in [0.1, 0.15) is 11.8 Å². The molecule has 0 bridgehead atoms. The predicted molar refractivity (Wildman–Crippen MR) is 117 cm³/mol. The number of nitriles is 3. The Balaban J connectivity index is 2.08. The van der Waals surface area contributed by atoms with Crippen molar-refractivity contribution in [3.05, 3.63) is 64.9 Å². The van der Waals surface area contributed by atoms with E-state index in [0.29, 0.717) is 13.1 Å². The molecule has 2 atom stereocenters. The number of rotatable bonds is 3. The third-order valence-corrected chi connectivity index (χ3v) is 6.66. The molecule has 154 valence electrons. The summed E-state index contributed by atoms with van der Waals surface area (Å²) in [6.45, 7) is 4.28. The fourth-order valence-corrected chi connectivity index (χ4v) is 5.09. The summed E-state index contributed by atoms with van der Waals surface area (Å²) in [7, 11) is 1.62. The molecule has 2 N–H and O–H groups in total. The zero-order valence-electron chi connectivity index (χ0n) is 17.6. The molecule has 1 aliphatic heterocycles. The molecule has 0 spiro atoms. The van der Waals surface area contributed by atoms with Gasteiger partial charge in [-0.25, -0.2) is 0 Å². The van der Waals surface area contributed by atoms with Gasteiger partial charge in [0.2, 0.25) is 0 Å². The number of nitrogens with zero attached hydrogens (tertiary/aromatic N) is 4. The number of hydrogen-bond donors (Lipinski definition) is 1. The second-order valence-corrected chi connectivity index (χ2v) is 7.93. The Labute approximate surface area is 182 Å². The Morgan fingerprint density at radius 3 is 2.45 bits per heavy atom. The van der Waals surface area contributed by atoms with Crippen LogP contribution in [-0.4, -0.2) is 31.6 Å². The van der Waals surface area contributed by atoms with Gasteiger partial charge in [-0.15, -0.1) is 0 Å². The number of ether oxygens (including phenoxy) is 1. The van der Waals surface area contributed by atoms with E-state index in [0.717, 1.165) is 34.2 Å². The smallest absolute Gasteiger partial charge is 0.191 e. The molecule has 31 heavy (non-hydrogen) atoms. The quantitative estimate of drug-likeness (QED) is 0.829. The van der Waals surface area contributed by atoms with Gasteiger partial charge in [0.25, 0.3) is 0 Å². The third-order valence-electron chi connectivity index (χ3n) is 6.66.